The molecule has 1 nitrogen and oxygen atoms in total. The molecule has 0 aromatic heterocycles. The van der Waals surface area contributed by atoms with Crippen LogP contribution in [0.3, 0.4) is 0 Å². The third-order valence-electron chi connectivity index (χ3n) is 4.02. The van der Waals surface area contributed by atoms with Crippen LogP contribution in [0.4, 0.5) is 0 Å². The first-order valence-electron chi connectivity index (χ1n) is 6.43. The highest BCUT2D eigenvalue weighted by Gasteiger charge is 2.41. The minimum absolute atomic E-state index is 0.223. The fraction of sp³-hybridized carbons (Fsp3) is 0.438. The molecule has 0 saturated heterocycles. The fourth-order valence-corrected chi connectivity index (χ4v) is 3.57. The molecule has 0 N–H and O–H groups in total. The number of thioether (sulfide) groups is 1. The number of carbonyl (C=O) groups is 1. The molecule has 0 amide bonds. The molecule has 96 valence electrons. The first kappa shape index (κ1) is 13.4. The molecule has 2 heteroatoms. The largest absolute Gasteiger partial charge is 0.294 e. The van der Waals surface area contributed by atoms with Crippen molar-refractivity contribution in [2.75, 3.05) is 5.75 Å². The molecular formula is C16H20OS. The fourth-order valence-electron chi connectivity index (χ4n) is 2.34. The van der Waals surface area contributed by atoms with Crippen LogP contribution >= 0.6 is 11.8 Å². The van der Waals surface area contributed by atoms with Crippen molar-refractivity contribution in [2.45, 2.75) is 32.1 Å². The SMILES string of the molecule is CC1=CC[C@@H](C)[C@](C)(CSc2ccccc2)C1=O. The first-order chi connectivity index (χ1) is 8.54. The van der Waals surface area contributed by atoms with Gasteiger partial charge in [-0.25, -0.2) is 0 Å². The van der Waals surface area contributed by atoms with Gasteiger partial charge in [0.25, 0.3) is 0 Å². The van der Waals surface area contributed by atoms with E-state index in [1.165, 1.54) is 4.90 Å². The quantitative estimate of drug-likeness (QED) is 0.752. The lowest BCUT2D eigenvalue weighted by Crippen LogP contribution is -2.40. The van der Waals surface area contributed by atoms with E-state index < -0.39 is 0 Å². The zero-order valence-corrected chi connectivity index (χ0v) is 12.1. The van der Waals surface area contributed by atoms with Crippen molar-refractivity contribution >= 4 is 17.5 Å². The molecule has 0 radical (unpaired) electrons. The van der Waals surface area contributed by atoms with Gasteiger partial charge in [-0.05, 0) is 37.0 Å². The van der Waals surface area contributed by atoms with E-state index in [0.717, 1.165) is 17.7 Å². The van der Waals surface area contributed by atoms with E-state index in [0.29, 0.717) is 11.7 Å². The summed E-state index contributed by atoms with van der Waals surface area (Å²) in [6.45, 7) is 6.25. The van der Waals surface area contributed by atoms with Crippen LogP contribution < -0.4 is 0 Å². The number of rotatable bonds is 3. The molecule has 0 fully saturated rings. The van der Waals surface area contributed by atoms with Crippen LogP contribution in [0, 0.1) is 11.3 Å². The van der Waals surface area contributed by atoms with Crippen molar-refractivity contribution in [3.05, 3.63) is 42.0 Å². The maximum Gasteiger partial charge on any atom is 0.165 e. The summed E-state index contributed by atoms with van der Waals surface area (Å²) in [5, 5.41) is 0. The molecule has 0 spiro atoms. The van der Waals surface area contributed by atoms with Crippen LogP contribution in [0.1, 0.15) is 27.2 Å². The number of Topliss-reactive ketones (excluding diaryl/α,β-unsaturated/α-hetero) is 1. The Morgan fingerprint density at radius 3 is 2.67 bits per heavy atom. The van der Waals surface area contributed by atoms with Gasteiger partial charge in [0.15, 0.2) is 5.78 Å². The van der Waals surface area contributed by atoms with Crippen LogP contribution in [0.15, 0.2) is 46.9 Å². The van der Waals surface area contributed by atoms with E-state index in [9.17, 15) is 4.79 Å². The number of allylic oxidation sites excluding steroid dienone is 2. The van der Waals surface area contributed by atoms with E-state index in [2.05, 4.69) is 32.1 Å². The Balaban J connectivity index is 2.12. The van der Waals surface area contributed by atoms with E-state index in [1.54, 1.807) is 11.8 Å². The van der Waals surface area contributed by atoms with Crippen LogP contribution in [0.5, 0.6) is 0 Å². The van der Waals surface area contributed by atoms with E-state index in [-0.39, 0.29) is 5.41 Å². The van der Waals surface area contributed by atoms with Crippen molar-refractivity contribution in [1.29, 1.82) is 0 Å². The van der Waals surface area contributed by atoms with Gasteiger partial charge in [0.2, 0.25) is 0 Å². The minimum Gasteiger partial charge on any atom is -0.294 e. The second kappa shape index (κ2) is 5.31. The maximum absolute atomic E-state index is 12.4. The lowest BCUT2D eigenvalue weighted by Gasteiger charge is -2.37. The summed E-state index contributed by atoms with van der Waals surface area (Å²) in [5.41, 5.74) is 0.712. The number of ketones is 1. The minimum atomic E-state index is -0.223. The lowest BCUT2D eigenvalue weighted by atomic mass is 9.69. The molecule has 0 aliphatic heterocycles. The van der Waals surface area contributed by atoms with Crippen molar-refractivity contribution in [3.63, 3.8) is 0 Å². The Morgan fingerprint density at radius 2 is 2.00 bits per heavy atom. The highest BCUT2D eigenvalue weighted by atomic mass is 32.2. The molecule has 2 atom stereocenters. The van der Waals surface area contributed by atoms with E-state index in [4.69, 9.17) is 0 Å². The molecule has 2 rings (SSSR count). The second-order valence-corrected chi connectivity index (χ2v) is 6.42. The predicted octanol–water partition coefficient (Wildman–Crippen LogP) is 4.34. The number of hydrogen-bond acceptors (Lipinski definition) is 2. The van der Waals surface area contributed by atoms with Crippen LogP contribution in [0.2, 0.25) is 0 Å². The second-order valence-electron chi connectivity index (χ2n) is 5.37. The van der Waals surface area contributed by atoms with Crippen LogP contribution in [-0.4, -0.2) is 11.5 Å². The third-order valence-corrected chi connectivity index (χ3v) is 5.37. The number of hydrogen-bond donors (Lipinski definition) is 0. The van der Waals surface area contributed by atoms with Crippen molar-refractivity contribution in [1.82, 2.24) is 0 Å². The molecule has 0 bridgehead atoms. The predicted molar refractivity (Wildman–Crippen MR) is 77.8 cm³/mol. The summed E-state index contributed by atoms with van der Waals surface area (Å²) >= 11 is 1.79. The average molecular weight is 260 g/mol. The van der Waals surface area contributed by atoms with Gasteiger partial charge in [0.05, 0.1) is 0 Å². The summed E-state index contributed by atoms with van der Waals surface area (Å²) in [7, 11) is 0. The Kier molecular flexibility index (Phi) is 3.96. The van der Waals surface area contributed by atoms with Gasteiger partial charge in [0, 0.05) is 16.1 Å². The highest BCUT2D eigenvalue weighted by molar-refractivity contribution is 7.99. The summed E-state index contributed by atoms with van der Waals surface area (Å²) in [6.07, 6.45) is 3.10. The van der Waals surface area contributed by atoms with Gasteiger partial charge in [0.1, 0.15) is 0 Å². The van der Waals surface area contributed by atoms with Crippen molar-refractivity contribution in [2.24, 2.45) is 11.3 Å². The highest BCUT2D eigenvalue weighted by Crippen LogP contribution is 2.41. The monoisotopic (exact) mass is 260 g/mol. The Labute approximate surface area is 114 Å². The van der Waals surface area contributed by atoms with Crippen LogP contribution in [-0.2, 0) is 4.79 Å². The topological polar surface area (TPSA) is 17.1 Å². The average Bonchev–Trinajstić information content (AvgIpc) is 2.40. The Morgan fingerprint density at radius 1 is 1.33 bits per heavy atom. The summed E-state index contributed by atoms with van der Waals surface area (Å²) in [5.74, 6) is 1.61. The van der Waals surface area contributed by atoms with Crippen molar-refractivity contribution in [3.8, 4) is 0 Å². The zero-order valence-electron chi connectivity index (χ0n) is 11.3. The van der Waals surface area contributed by atoms with E-state index in [1.807, 2.05) is 25.1 Å². The van der Waals surface area contributed by atoms with Gasteiger partial charge in [-0.15, -0.1) is 11.8 Å². The summed E-state index contributed by atoms with van der Waals surface area (Å²) in [6, 6.07) is 10.3. The molecular weight excluding hydrogens is 240 g/mol. The molecule has 0 saturated carbocycles. The number of benzene rings is 1. The van der Waals surface area contributed by atoms with Gasteiger partial charge < -0.3 is 0 Å². The Bertz CT molecular complexity index is 463. The van der Waals surface area contributed by atoms with Gasteiger partial charge >= 0.3 is 0 Å². The third kappa shape index (κ3) is 2.54. The first-order valence-corrected chi connectivity index (χ1v) is 7.42. The standard InChI is InChI=1S/C16H20OS/c1-12-9-10-13(2)16(3,15(12)17)11-18-14-7-5-4-6-8-14/h4-9,13H,10-11H2,1-3H3/t13-,16+/m1/s1. The smallest absolute Gasteiger partial charge is 0.165 e. The summed E-state index contributed by atoms with van der Waals surface area (Å²) < 4.78 is 0. The molecule has 0 unspecified atom stereocenters. The summed E-state index contributed by atoms with van der Waals surface area (Å²) in [4.78, 5) is 13.6. The normalized spacial score (nSPS) is 28.1. The molecule has 1 aromatic rings. The van der Waals surface area contributed by atoms with E-state index >= 15 is 0 Å². The lowest BCUT2D eigenvalue weighted by molar-refractivity contribution is -0.125. The van der Waals surface area contributed by atoms with Crippen molar-refractivity contribution < 1.29 is 4.79 Å². The molecule has 0 heterocycles. The molecule has 1 aromatic carbocycles. The Hall–Kier alpha value is -1.02. The molecule has 18 heavy (non-hydrogen) atoms. The van der Waals surface area contributed by atoms with Gasteiger partial charge in [-0.2, -0.15) is 0 Å². The maximum atomic E-state index is 12.4. The molecule has 1 aliphatic carbocycles. The van der Waals surface area contributed by atoms with Gasteiger partial charge in [-0.3, -0.25) is 4.79 Å². The number of carbonyl (C=O) groups excluding carboxylic acids is 1. The van der Waals surface area contributed by atoms with Crippen LogP contribution in [0.25, 0.3) is 0 Å². The molecule has 1 aliphatic rings. The van der Waals surface area contributed by atoms with Gasteiger partial charge in [-0.1, -0.05) is 38.1 Å². The zero-order chi connectivity index (χ0) is 13.2.